The largest absolute Gasteiger partial charge is 0.0841 e. The highest BCUT2D eigenvalue weighted by Gasteiger charge is 2.52. The average Bonchev–Trinajstić information content (AvgIpc) is 2.83. The third kappa shape index (κ3) is 1.74. The molecule has 2 saturated carbocycles. The molecular formula is C21H30. The van der Waals surface area contributed by atoms with Gasteiger partial charge >= 0.3 is 0 Å². The fourth-order valence-corrected chi connectivity index (χ4v) is 6.26. The van der Waals surface area contributed by atoms with Crippen molar-refractivity contribution in [2.24, 2.45) is 22.7 Å². The molecule has 4 atom stereocenters. The van der Waals surface area contributed by atoms with E-state index in [1.807, 2.05) is 5.57 Å². The molecule has 114 valence electrons. The zero-order valence-electron chi connectivity index (χ0n) is 14.0. The smallest absolute Gasteiger partial charge is 0.00476 e. The van der Waals surface area contributed by atoms with Gasteiger partial charge in [0.25, 0.3) is 0 Å². The molecule has 0 spiro atoms. The summed E-state index contributed by atoms with van der Waals surface area (Å²) in [6, 6.07) is 0. The van der Waals surface area contributed by atoms with Gasteiger partial charge in [-0.2, -0.15) is 0 Å². The zero-order chi connectivity index (χ0) is 14.7. The minimum atomic E-state index is 0.480. The number of hydrogen-bond acceptors (Lipinski definition) is 0. The van der Waals surface area contributed by atoms with E-state index in [9.17, 15) is 0 Å². The van der Waals surface area contributed by atoms with Crippen molar-refractivity contribution in [3.63, 3.8) is 0 Å². The Bertz CT molecular complexity index is 546. The first-order chi connectivity index (χ1) is 10.1. The summed E-state index contributed by atoms with van der Waals surface area (Å²) >= 11 is 0. The molecule has 0 heteroatoms. The molecule has 0 aromatic heterocycles. The second kappa shape index (κ2) is 4.61. The fourth-order valence-electron chi connectivity index (χ4n) is 6.26. The molecule has 4 aliphatic carbocycles. The quantitative estimate of drug-likeness (QED) is 0.502. The summed E-state index contributed by atoms with van der Waals surface area (Å²) in [7, 11) is 0. The van der Waals surface area contributed by atoms with Crippen LogP contribution in [-0.4, -0.2) is 0 Å². The van der Waals surface area contributed by atoms with Gasteiger partial charge in [0.1, 0.15) is 0 Å². The van der Waals surface area contributed by atoms with Crippen molar-refractivity contribution in [2.45, 2.75) is 72.1 Å². The molecule has 0 heterocycles. The van der Waals surface area contributed by atoms with E-state index in [1.54, 1.807) is 11.1 Å². The molecule has 4 rings (SSSR count). The Labute approximate surface area is 130 Å². The Morgan fingerprint density at radius 1 is 1.05 bits per heavy atom. The van der Waals surface area contributed by atoms with Crippen molar-refractivity contribution in [1.29, 1.82) is 0 Å². The summed E-state index contributed by atoms with van der Waals surface area (Å²) in [5.41, 5.74) is 6.31. The minimum Gasteiger partial charge on any atom is -0.0841 e. The van der Waals surface area contributed by atoms with Gasteiger partial charge in [0, 0.05) is 0 Å². The summed E-state index contributed by atoms with van der Waals surface area (Å²) in [6.07, 6.45) is 18.7. The lowest BCUT2D eigenvalue weighted by molar-refractivity contribution is 0.110. The van der Waals surface area contributed by atoms with Gasteiger partial charge in [-0.3, -0.25) is 0 Å². The van der Waals surface area contributed by atoms with E-state index in [2.05, 4.69) is 39.0 Å². The van der Waals surface area contributed by atoms with Crippen molar-refractivity contribution < 1.29 is 0 Å². The minimum absolute atomic E-state index is 0.480. The van der Waals surface area contributed by atoms with Crippen LogP contribution in [0.25, 0.3) is 0 Å². The normalized spacial score (nSPS) is 45.0. The van der Waals surface area contributed by atoms with Crippen LogP contribution in [-0.2, 0) is 0 Å². The van der Waals surface area contributed by atoms with Crippen molar-refractivity contribution >= 4 is 0 Å². The molecule has 0 aromatic carbocycles. The van der Waals surface area contributed by atoms with Crippen LogP contribution in [0.4, 0.5) is 0 Å². The van der Waals surface area contributed by atoms with Crippen LogP contribution in [0.15, 0.2) is 34.9 Å². The molecular weight excluding hydrogens is 252 g/mol. The predicted molar refractivity (Wildman–Crippen MR) is 90.1 cm³/mol. The monoisotopic (exact) mass is 282 g/mol. The van der Waals surface area contributed by atoms with E-state index in [0.717, 1.165) is 11.8 Å². The summed E-state index contributed by atoms with van der Waals surface area (Å²) in [5.74, 6) is 1.66. The Morgan fingerprint density at radius 3 is 2.71 bits per heavy atom. The second-order valence-corrected chi connectivity index (χ2v) is 8.36. The van der Waals surface area contributed by atoms with Crippen LogP contribution >= 0.6 is 0 Å². The number of fused-ring (bicyclic) bond motifs is 5. The number of rotatable bonds is 1. The molecule has 2 fully saturated rings. The lowest BCUT2D eigenvalue weighted by Gasteiger charge is -2.54. The van der Waals surface area contributed by atoms with Gasteiger partial charge in [-0.25, -0.2) is 0 Å². The Hall–Kier alpha value is -0.780. The van der Waals surface area contributed by atoms with Gasteiger partial charge in [-0.15, -0.1) is 0 Å². The zero-order valence-corrected chi connectivity index (χ0v) is 14.0. The molecule has 0 N–H and O–H groups in total. The molecule has 4 aliphatic rings. The van der Waals surface area contributed by atoms with E-state index in [1.165, 1.54) is 51.4 Å². The van der Waals surface area contributed by atoms with Crippen molar-refractivity contribution in [2.75, 3.05) is 0 Å². The topological polar surface area (TPSA) is 0 Å². The number of allylic oxidation sites excluding steroid dienone is 6. The molecule has 0 unspecified atom stereocenters. The third-order valence-corrected chi connectivity index (χ3v) is 7.61. The molecule has 21 heavy (non-hydrogen) atoms. The Morgan fingerprint density at radius 2 is 1.90 bits per heavy atom. The summed E-state index contributed by atoms with van der Waals surface area (Å²) in [4.78, 5) is 0. The lowest BCUT2D eigenvalue weighted by Crippen LogP contribution is -2.44. The maximum atomic E-state index is 2.58. The molecule has 0 amide bonds. The predicted octanol–water partition coefficient (Wildman–Crippen LogP) is 6.21. The standard InChI is InChI=1S/C21H30/c1-4-15-9-11-18-17-10-8-16-7-5-6-13-20(16,2)19(17)12-14-21(15,18)3/h8-10,18-19H,4-7,11-14H2,1-3H3/t18-,19-,20-,21+/m0/s1. The van der Waals surface area contributed by atoms with E-state index >= 15 is 0 Å². The van der Waals surface area contributed by atoms with Crippen LogP contribution in [0, 0.1) is 22.7 Å². The Balaban J connectivity index is 1.74. The van der Waals surface area contributed by atoms with Crippen LogP contribution in [0.1, 0.15) is 72.1 Å². The first-order valence-electron chi connectivity index (χ1n) is 9.20. The first kappa shape index (κ1) is 13.9. The van der Waals surface area contributed by atoms with Crippen LogP contribution in [0.2, 0.25) is 0 Å². The molecule has 0 radical (unpaired) electrons. The van der Waals surface area contributed by atoms with E-state index in [4.69, 9.17) is 0 Å². The lowest BCUT2D eigenvalue weighted by atomic mass is 9.51. The van der Waals surface area contributed by atoms with E-state index in [0.29, 0.717) is 10.8 Å². The maximum Gasteiger partial charge on any atom is -0.00476 e. The molecule has 0 nitrogen and oxygen atoms in total. The Kier molecular flexibility index (Phi) is 3.04. The highest BCUT2D eigenvalue weighted by molar-refractivity contribution is 5.41. The second-order valence-electron chi connectivity index (χ2n) is 8.36. The molecule has 0 aromatic rings. The van der Waals surface area contributed by atoms with Gasteiger partial charge in [-0.05, 0) is 67.6 Å². The summed E-state index contributed by atoms with van der Waals surface area (Å²) in [6.45, 7) is 7.49. The summed E-state index contributed by atoms with van der Waals surface area (Å²) < 4.78 is 0. The van der Waals surface area contributed by atoms with Gasteiger partial charge < -0.3 is 0 Å². The van der Waals surface area contributed by atoms with Crippen LogP contribution in [0.3, 0.4) is 0 Å². The van der Waals surface area contributed by atoms with Gasteiger partial charge in [-0.1, -0.05) is 62.1 Å². The third-order valence-electron chi connectivity index (χ3n) is 7.61. The van der Waals surface area contributed by atoms with E-state index in [-0.39, 0.29) is 0 Å². The van der Waals surface area contributed by atoms with Crippen LogP contribution in [0.5, 0.6) is 0 Å². The number of hydrogen-bond donors (Lipinski definition) is 0. The first-order valence-corrected chi connectivity index (χ1v) is 9.20. The van der Waals surface area contributed by atoms with Crippen molar-refractivity contribution in [3.8, 4) is 0 Å². The van der Waals surface area contributed by atoms with Crippen molar-refractivity contribution in [3.05, 3.63) is 34.9 Å². The highest BCUT2D eigenvalue weighted by Crippen LogP contribution is 2.63. The van der Waals surface area contributed by atoms with Crippen LogP contribution < -0.4 is 0 Å². The molecule has 0 aliphatic heterocycles. The van der Waals surface area contributed by atoms with Gasteiger partial charge in [0.05, 0.1) is 0 Å². The molecule has 0 saturated heterocycles. The summed E-state index contributed by atoms with van der Waals surface area (Å²) in [5, 5.41) is 0. The highest BCUT2D eigenvalue weighted by atomic mass is 14.6. The van der Waals surface area contributed by atoms with Gasteiger partial charge in [0.15, 0.2) is 0 Å². The van der Waals surface area contributed by atoms with Crippen molar-refractivity contribution in [1.82, 2.24) is 0 Å². The average molecular weight is 282 g/mol. The van der Waals surface area contributed by atoms with E-state index < -0.39 is 0 Å². The fraction of sp³-hybridized carbons (Fsp3) is 0.714. The SMILES string of the molecule is CCC1=CC[C@H]2C3=CC=C4CCCC[C@]4(C)[C@H]3CC[C@]12C. The maximum absolute atomic E-state index is 2.58. The molecule has 0 bridgehead atoms. The van der Waals surface area contributed by atoms with Gasteiger partial charge in [0.2, 0.25) is 0 Å².